The van der Waals surface area contributed by atoms with Gasteiger partial charge in [-0.15, -0.1) is 0 Å². The topological polar surface area (TPSA) is 20.2 Å². The van der Waals surface area contributed by atoms with Gasteiger partial charge in [0, 0.05) is 7.98 Å². The van der Waals surface area contributed by atoms with Crippen LogP contribution in [-0.4, -0.2) is 11.7 Å². The van der Waals surface area contributed by atoms with Gasteiger partial charge in [0.1, 0.15) is 0 Å². The van der Waals surface area contributed by atoms with Gasteiger partial charge in [-0.25, -0.2) is 0 Å². The zero-order valence-corrected chi connectivity index (χ0v) is 6.53. The highest BCUT2D eigenvalue weighted by Gasteiger charge is 1.89. The smallest absolute Gasteiger partial charge is 0.0431 e. The molecular weight excluding hydrogens is 136 g/mol. The Hall–Kier alpha value is -0.820. The van der Waals surface area contributed by atoms with Crippen LogP contribution in [0.25, 0.3) is 0 Å². The normalized spacial score (nSPS) is 14.1. The highest BCUT2D eigenvalue weighted by atomic mass is 16.2. The summed E-state index contributed by atoms with van der Waals surface area (Å²) in [5.41, 5.74) is 1.24. The third-order valence-electron chi connectivity index (χ3n) is 1.61. The van der Waals surface area contributed by atoms with E-state index >= 15 is 0 Å². The van der Waals surface area contributed by atoms with E-state index in [4.69, 9.17) is 6.48 Å². The lowest BCUT2D eigenvalue weighted by Gasteiger charge is -1.97. The van der Waals surface area contributed by atoms with Crippen LogP contribution < -0.4 is 0 Å². The van der Waals surface area contributed by atoms with Gasteiger partial charge in [0.15, 0.2) is 0 Å². The van der Waals surface area contributed by atoms with Gasteiger partial charge in [0.25, 0.3) is 0 Å². The summed E-state index contributed by atoms with van der Waals surface area (Å²) in [6.07, 6.45) is 1.29. The molecular formula is C10H14O. The third-order valence-corrected chi connectivity index (χ3v) is 1.61. The molecule has 1 heteroatoms. The number of aryl methyl sites for hydroxylation is 1. The van der Waals surface area contributed by atoms with E-state index in [1.54, 1.807) is 0 Å². The first kappa shape index (κ1) is 6.86. The van der Waals surface area contributed by atoms with Crippen LogP contribution in [0.4, 0.5) is 0 Å². The van der Waals surface area contributed by atoms with Crippen molar-refractivity contribution in [2.75, 3.05) is 6.61 Å². The maximum atomic E-state index is 8.63. The van der Waals surface area contributed by atoms with Crippen molar-refractivity contribution >= 4 is 0 Å². The van der Waals surface area contributed by atoms with Crippen molar-refractivity contribution in [3.8, 4) is 0 Å². The summed E-state index contributed by atoms with van der Waals surface area (Å²) < 4.78 is 7.32. The standard InChI is InChI=1S/C10H14O/c11-9-5-4-8-10-6-2-1-3-7-10/h1-3,6-7,11H,4-5,8-9H2/i5D. The van der Waals surface area contributed by atoms with Gasteiger partial charge in [0.05, 0.1) is 0 Å². The van der Waals surface area contributed by atoms with E-state index in [-0.39, 0.29) is 13.0 Å². The lowest BCUT2D eigenvalue weighted by atomic mass is 10.1. The first-order chi connectivity index (χ1) is 5.83. The van der Waals surface area contributed by atoms with Crippen molar-refractivity contribution in [3.05, 3.63) is 35.9 Å². The molecule has 1 rings (SSSR count). The molecule has 0 radical (unpaired) electrons. The first-order valence-electron chi connectivity index (χ1n) is 4.47. The lowest BCUT2D eigenvalue weighted by molar-refractivity contribution is 0.284. The maximum Gasteiger partial charge on any atom is 0.0431 e. The molecule has 1 unspecified atom stereocenters. The second kappa shape index (κ2) is 4.91. The molecule has 60 valence electrons. The predicted molar refractivity (Wildman–Crippen MR) is 46.5 cm³/mol. The van der Waals surface area contributed by atoms with Crippen molar-refractivity contribution < 1.29 is 6.48 Å². The van der Waals surface area contributed by atoms with E-state index in [0.29, 0.717) is 0 Å². The van der Waals surface area contributed by atoms with Crippen LogP contribution in [0.5, 0.6) is 0 Å². The molecule has 0 saturated carbocycles. The van der Waals surface area contributed by atoms with Gasteiger partial charge >= 0.3 is 0 Å². The molecule has 0 spiro atoms. The molecule has 0 aliphatic carbocycles. The molecule has 0 saturated heterocycles. The van der Waals surface area contributed by atoms with Gasteiger partial charge in [-0.2, -0.15) is 0 Å². The third kappa shape index (κ3) is 3.19. The fourth-order valence-corrected chi connectivity index (χ4v) is 1.00. The van der Waals surface area contributed by atoms with Gasteiger partial charge in [-0.05, 0) is 24.8 Å². The molecule has 0 fully saturated rings. The molecule has 1 N–H and O–H groups in total. The second-order valence-electron chi connectivity index (χ2n) is 2.50. The van der Waals surface area contributed by atoms with Crippen molar-refractivity contribution in [1.29, 1.82) is 0 Å². The highest BCUT2D eigenvalue weighted by Crippen LogP contribution is 2.03. The minimum absolute atomic E-state index is 0.0349. The summed E-state index contributed by atoms with van der Waals surface area (Å²) in [5, 5.41) is 8.63. The Bertz CT molecular complexity index is 210. The van der Waals surface area contributed by atoms with Crippen LogP contribution in [0.15, 0.2) is 30.3 Å². The van der Waals surface area contributed by atoms with Crippen LogP contribution in [-0.2, 0) is 6.42 Å². The van der Waals surface area contributed by atoms with E-state index in [2.05, 4.69) is 0 Å². The van der Waals surface area contributed by atoms with Crippen molar-refractivity contribution in [2.45, 2.75) is 19.2 Å². The predicted octanol–water partition coefficient (Wildman–Crippen LogP) is 2.00. The van der Waals surface area contributed by atoms with Crippen LogP contribution in [0.2, 0.25) is 0 Å². The number of aliphatic hydroxyl groups is 1. The molecule has 1 aromatic rings. The summed E-state index contributed by atoms with van der Waals surface area (Å²) in [7, 11) is 0. The fourth-order valence-electron chi connectivity index (χ4n) is 1.00. The SMILES string of the molecule is [2H]C(CO)CCc1ccccc1. The van der Waals surface area contributed by atoms with E-state index in [0.717, 1.165) is 12.8 Å². The Morgan fingerprint density at radius 2 is 2.00 bits per heavy atom. The molecule has 1 nitrogen and oxygen atoms in total. The van der Waals surface area contributed by atoms with Crippen molar-refractivity contribution in [1.82, 2.24) is 0 Å². The van der Waals surface area contributed by atoms with Gasteiger partial charge in [-0.1, -0.05) is 30.3 Å². The average molecular weight is 151 g/mol. The molecule has 0 amide bonds. The molecule has 0 aliphatic rings. The lowest BCUT2D eigenvalue weighted by Crippen LogP contribution is -1.87. The van der Waals surface area contributed by atoms with Gasteiger partial charge in [0.2, 0.25) is 0 Å². The maximum absolute atomic E-state index is 8.63. The zero-order chi connectivity index (χ0) is 8.81. The molecule has 0 bridgehead atoms. The van der Waals surface area contributed by atoms with Crippen LogP contribution in [0.1, 0.15) is 19.8 Å². The first-order valence-corrected chi connectivity index (χ1v) is 3.90. The number of hydrogen-bond acceptors (Lipinski definition) is 1. The van der Waals surface area contributed by atoms with Crippen molar-refractivity contribution in [2.24, 2.45) is 0 Å². The highest BCUT2D eigenvalue weighted by molar-refractivity contribution is 5.14. The number of aliphatic hydroxyl groups excluding tert-OH is 1. The molecule has 1 aromatic carbocycles. The Labute approximate surface area is 69.1 Å². The number of rotatable bonds is 4. The summed E-state index contributed by atoms with van der Waals surface area (Å²) >= 11 is 0. The van der Waals surface area contributed by atoms with Gasteiger partial charge in [-0.3, -0.25) is 0 Å². The van der Waals surface area contributed by atoms with Crippen LogP contribution >= 0.6 is 0 Å². The average Bonchev–Trinajstić information content (AvgIpc) is 2.16. The Balaban J connectivity index is 2.33. The minimum Gasteiger partial charge on any atom is -0.396 e. The molecule has 0 aliphatic heterocycles. The summed E-state index contributed by atoms with van der Waals surface area (Å²) in [5.74, 6) is 0. The number of benzene rings is 1. The van der Waals surface area contributed by atoms with Crippen LogP contribution in [0.3, 0.4) is 0 Å². The summed E-state index contributed by atoms with van der Waals surface area (Å²) in [6, 6.07) is 10.1. The monoisotopic (exact) mass is 151 g/mol. The molecule has 0 heterocycles. The van der Waals surface area contributed by atoms with E-state index in [1.165, 1.54) is 5.56 Å². The largest absolute Gasteiger partial charge is 0.396 e. The quantitative estimate of drug-likeness (QED) is 0.697. The minimum atomic E-state index is -0.329. The molecule has 1 atom stereocenters. The Morgan fingerprint density at radius 1 is 1.27 bits per heavy atom. The van der Waals surface area contributed by atoms with E-state index < -0.39 is 0 Å². The summed E-state index contributed by atoms with van der Waals surface area (Å²) in [6.45, 7) is -0.0349. The van der Waals surface area contributed by atoms with Gasteiger partial charge < -0.3 is 5.11 Å². The number of hydrogen-bond donors (Lipinski definition) is 1. The van der Waals surface area contributed by atoms with E-state index in [9.17, 15) is 0 Å². The summed E-state index contributed by atoms with van der Waals surface area (Å²) in [4.78, 5) is 0. The van der Waals surface area contributed by atoms with E-state index in [1.807, 2.05) is 30.3 Å². The molecule has 0 aromatic heterocycles. The Morgan fingerprint density at radius 3 is 2.64 bits per heavy atom. The Kier molecular flexibility index (Phi) is 3.07. The fraction of sp³-hybridized carbons (Fsp3) is 0.400. The van der Waals surface area contributed by atoms with Crippen LogP contribution in [0, 0.1) is 0 Å². The molecule has 11 heavy (non-hydrogen) atoms. The zero-order valence-electron chi connectivity index (χ0n) is 7.53. The second-order valence-corrected chi connectivity index (χ2v) is 2.50. The van der Waals surface area contributed by atoms with Crippen molar-refractivity contribution in [3.63, 3.8) is 0 Å².